The Morgan fingerprint density at radius 1 is 1.38 bits per heavy atom. The Morgan fingerprint density at radius 2 is 2.00 bits per heavy atom. The lowest BCUT2D eigenvalue weighted by Crippen LogP contribution is -2.20. The van der Waals surface area contributed by atoms with E-state index in [1.54, 1.807) is 0 Å². The minimum absolute atomic E-state index is 0.0337. The van der Waals surface area contributed by atoms with Crippen molar-refractivity contribution in [2.75, 3.05) is 0 Å². The van der Waals surface area contributed by atoms with Gasteiger partial charge in [-0.1, -0.05) is 6.07 Å². The standard InChI is InChI=1S/C8H7F2NO2/c9-5-2-1-4(3-6(5)10)7(11)8(12)13/h1-3,7H,11H2,(H,12,13). The summed E-state index contributed by atoms with van der Waals surface area (Å²) >= 11 is 0. The van der Waals surface area contributed by atoms with E-state index in [-0.39, 0.29) is 5.56 Å². The summed E-state index contributed by atoms with van der Waals surface area (Å²) in [4.78, 5) is 10.4. The van der Waals surface area contributed by atoms with Crippen LogP contribution in [0.3, 0.4) is 0 Å². The molecule has 13 heavy (non-hydrogen) atoms. The molecule has 0 aliphatic carbocycles. The molecule has 3 nitrogen and oxygen atoms in total. The Bertz CT molecular complexity index is 341. The van der Waals surface area contributed by atoms with Gasteiger partial charge in [-0.3, -0.25) is 4.79 Å². The van der Waals surface area contributed by atoms with Crippen LogP contribution in [0.4, 0.5) is 8.78 Å². The number of carboxylic acids is 1. The zero-order chi connectivity index (χ0) is 10.0. The van der Waals surface area contributed by atoms with E-state index in [1.165, 1.54) is 0 Å². The number of hydrogen-bond donors (Lipinski definition) is 2. The molecule has 0 saturated heterocycles. The van der Waals surface area contributed by atoms with Gasteiger partial charge < -0.3 is 10.8 Å². The summed E-state index contributed by atoms with van der Waals surface area (Å²) in [6.45, 7) is 0. The van der Waals surface area contributed by atoms with Crippen molar-refractivity contribution in [3.05, 3.63) is 35.4 Å². The van der Waals surface area contributed by atoms with Crippen LogP contribution in [-0.2, 0) is 4.79 Å². The lowest BCUT2D eigenvalue weighted by molar-refractivity contribution is -0.138. The Kier molecular flexibility index (Phi) is 2.57. The number of benzene rings is 1. The van der Waals surface area contributed by atoms with Crippen LogP contribution >= 0.6 is 0 Å². The van der Waals surface area contributed by atoms with Crippen LogP contribution in [-0.4, -0.2) is 11.1 Å². The fourth-order valence-electron chi connectivity index (χ4n) is 0.848. The molecule has 0 fully saturated rings. The molecule has 0 radical (unpaired) electrons. The monoisotopic (exact) mass is 187 g/mol. The van der Waals surface area contributed by atoms with Crippen molar-refractivity contribution >= 4 is 5.97 Å². The number of aliphatic carboxylic acids is 1. The van der Waals surface area contributed by atoms with Gasteiger partial charge in [-0.05, 0) is 17.7 Å². The Balaban J connectivity index is 3.03. The van der Waals surface area contributed by atoms with Crippen molar-refractivity contribution in [1.29, 1.82) is 0 Å². The van der Waals surface area contributed by atoms with E-state index in [0.29, 0.717) is 0 Å². The van der Waals surface area contributed by atoms with E-state index in [9.17, 15) is 13.6 Å². The first-order chi connectivity index (χ1) is 6.02. The highest BCUT2D eigenvalue weighted by atomic mass is 19.2. The van der Waals surface area contributed by atoms with Gasteiger partial charge in [0.05, 0.1) is 0 Å². The fraction of sp³-hybridized carbons (Fsp3) is 0.125. The molecule has 0 heterocycles. The summed E-state index contributed by atoms with van der Waals surface area (Å²) in [5.41, 5.74) is 5.20. The first kappa shape index (κ1) is 9.60. The van der Waals surface area contributed by atoms with Crippen LogP contribution in [0.1, 0.15) is 11.6 Å². The summed E-state index contributed by atoms with van der Waals surface area (Å²) < 4.78 is 25.0. The van der Waals surface area contributed by atoms with E-state index >= 15 is 0 Å². The summed E-state index contributed by atoms with van der Waals surface area (Å²) in [6.07, 6.45) is 0. The van der Waals surface area contributed by atoms with E-state index in [2.05, 4.69) is 0 Å². The molecule has 0 amide bonds. The SMILES string of the molecule is NC(C(=O)O)c1ccc(F)c(F)c1. The molecule has 0 aliphatic rings. The summed E-state index contributed by atoms with van der Waals surface area (Å²) in [6, 6.07) is 1.42. The largest absolute Gasteiger partial charge is 0.480 e. The quantitative estimate of drug-likeness (QED) is 0.727. The van der Waals surface area contributed by atoms with Gasteiger partial charge in [0, 0.05) is 0 Å². The van der Waals surface area contributed by atoms with E-state index in [4.69, 9.17) is 10.8 Å². The predicted octanol–water partition coefficient (Wildman–Crippen LogP) is 1.05. The molecular weight excluding hydrogens is 180 g/mol. The fourth-order valence-corrected chi connectivity index (χ4v) is 0.848. The van der Waals surface area contributed by atoms with Crippen molar-refractivity contribution in [3.8, 4) is 0 Å². The molecule has 0 saturated carbocycles. The van der Waals surface area contributed by atoms with E-state index in [0.717, 1.165) is 18.2 Å². The normalized spacial score (nSPS) is 12.5. The zero-order valence-electron chi connectivity index (χ0n) is 6.50. The molecular formula is C8H7F2NO2. The van der Waals surface area contributed by atoms with Crippen molar-refractivity contribution < 1.29 is 18.7 Å². The molecule has 3 N–H and O–H groups in total. The number of carbonyl (C=O) groups is 1. The highest BCUT2D eigenvalue weighted by Gasteiger charge is 2.15. The third-order valence-corrected chi connectivity index (χ3v) is 1.57. The number of halogens is 2. The highest BCUT2D eigenvalue weighted by Crippen LogP contribution is 2.14. The van der Waals surface area contributed by atoms with Gasteiger partial charge in [-0.2, -0.15) is 0 Å². The first-order valence-corrected chi connectivity index (χ1v) is 3.45. The minimum Gasteiger partial charge on any atom is -0.480 e. The van der Waals surface area contributed by atoms with Gasteiger partial charge in [-0.25, -0.2) is 8.78 Å². The Morgan fingerprint density at radius 3 is 2.46 bits per heavy atom. The molecule has 1 unspecified atom stereocenters. The molecule has 1 rings (SSSR count). The third-order valence-electron chi connectivity index (χ3n) is 1.57. The molecule has 0 bridgehead atoms. The lowest BCUT2D eigenvalue weighted by Gasteiger charge is -2.06. The van der Waals surface area contributed by atoms with Crippen molar-refractivity contribution in [1.82, 2.24) is 0 Å². The highest BCUT2D eigenvalue weighted by molar-refractivity contribution is 5.75. The second-order valence-electron chi connectivity index (χ2n) is 2.49. The number of carboxylic acid groups (broad SMARTS) is 1. The average Bonchev–Trinajstić information content (AvgIpc) is 2.08. The van der Waals surface area contributed by atoms with Crippen LogP contribution in [0.5, 0.6) is 0 Å². The van der Waals surface area contributed by atoms with Crippen LogP contribution in [0.25, 0.3) is 0 Å². The molecule has 0 spiro atoms. The predicted molar refractivity (Wildman–Crippen MR) is 40.9 cm³/mol. The Hall–Kier alpha value is -1.49. The smallest absolute Gasteiger partial charge is 0.325 e. The van der Waals surface area contributed by atoms with Gasteiger partial charge in [0.1, 0.15) is 6.04 Å². The maximum atomic E-state index is 12.6. The van der Waals surface area contributed by atoms with Crippen molar-refractivity contribution in [2.45, 2.75) is 6.04 Å². The van der Waals surface area contributed by atoms with Crippen LogP contribution in [0.2, 0.25) is 0 Å². The second-order valence-corrected chi connectivity index (χ2v) is 2.49. The molecule has 70 valence electrons. The summed E-state index contributed by atoms with van der Waals surface area (Å²) in [5, 5.41) is 8.45. The first-order valence-electron chi connectivity index (χ1n) is 3.45. The van der Waals surface area contributed by atoms with Crippen LogP contribution in [0.15, 0.2) is 18.2 Å². The maximum Gasteiger partial charge on any atom is 0.325 e. The molecule has 5 heteroatoms. The summed E-state index contributed by atoms with van der Waals surface area (Å²) in [5.74, 6) is -3.42. The molecule has 1 aromatic rings. The van der Waals surface area contributed by atoms with Crippen LogP contribution in [0, 0.1) is 11.6 Å². The van der Waals surface area contributed by atoms with Gasteiger partial charge in [0.25, 0.3) is 0 Å². The van der Waals surface area contributed by atoms with E-state index < -0.39 is 23.6 Å². The molecule has 1 atom stereocenters. The number of rotatable bonds is 2. The Labute approximate surface area is 72.8 Å². The molecule has 1 aromatic carbocycles. The van der Waals surface area contributed by atoms with Crippen molar-refractivity contribution in [3.63, 3.8) is 0 Å². The van der Waals surface area contributed by atoms with E-state index in [1.807, 2.05) is 0 Å². The van der Waals surface area contributed by atoms with Gasteiger partial charge in [0.15, 0.2) is 11.6 Å². The van der Waals surface area contributed by atoms with Gasteiger partial charge >= 0.3 is 5.97 Å². The van der Waals surface area contributed by atoms with Crippen LogP contribution < -0.4 is 5.73 Å². The molecule has 0 aliphatic heterocycles. The average molecular weight is 187 g/mol. The zero-order valence-corrected chi connectivity index (χ0v) is 6.50. The maximum absolute atomic E-state index is 12.6. The lowest BCUT2D eigenvalue weighted by atomic mass is 10.1. The minimum atomic E-state index is -1.32. The summed E-state index contributed by atoms with van der Waals surface area (Å²) in [7, 11) is 0. The number of nitrogens with two attached hydrogens (primary N) is 1. The third kappa shape index (κ3) is 2.00. The van der Waals surface area contributed by atoms with Gasteiger partial charge in [-0.15, -0.1) is 0 Å². The number of hydrogen-bond acceptors (Lipinski definition) is 2. The second kappa shape index (κ2) is 3.49. The molecule has 0 aromatic heterocycles. The van der Waals surface area contributed by atoms with Crippen molar-refractivity contribution in [2.24, 2.45) is 5.73 Å². The topological polar surface area (TPSA) is 63.3 Å². The van der Waals surface area contributed by atoms with Gasteiger partial charge in [0.2, 0.25) is 0 Å².